The number of rotatable bonds is 2. The van der Waals surface area contributed by atoms with Crippen LogP contribution >= 0.6 is 11.8 Å². The Morgan fingerprint density at radius 2 is 1.88 bits per heavy atom. The maximum absolute atomic E-state index is 5.10. The van der Waals surface area contributed by atoms with Crippen molar-refractivity contribution in [3.05, 3.63) is 47.3 Å². The third-order valence-electron chi connectivity index (χ3n) is 4.47. The molecule has 0 fully saturated rings. The largest absolute Gasteiger partial charge is 0.256 e. The van der Waals surface area contributed by atoms with Crippen molar-refractivity contribution < 1.29 is 0 Å². The Labute approximate surface area is 151 Å². The maximum atomic E-state index is 5.10. The summed E-state index contributed by atoms with van der Waals surface area (Å²) < 4.78 is 0. The number of fused-ring (bicyclic) bond motifs is 1. The molecule has 0 atom stereocenters. The summed E-state index contributed by atoms with van der Waals surface area (Å²) in [6.07, 6.45) is 1.01. The monoisotopic (exact) mass is 351 g/mol. The van der Waals surface area contributed by atoms with E-state index in [0.29, 0.717) is 5.82 Å². The number of nitrogens with zero attached hydrogens (tertiary/aromatic N) is 4. The molecule has 1 aromatic carbocycles. The Kier molecular flexibility index (Phi) is 4.07. The lowest BCUT2D eigenvalue weighted by Crippen LogP contribution is -2.20. The van der Waals surface area contributed by atoms with Crippen molar-refractivity contribution in [2.24, 2.45) is 0 Å². The van der Waals surface area contributed by atoms with Crippen LogP contribution in [0.4, 0.5) is 0 Å². The van der Waals surface area contributed by atoms with Crippen molar-refractivity contribution in [3.63, 3.8) is 0 Å². The number of pyridine rings is 1. The Hall–Kier alpha value is -2.21. The van der Waals surface area contributed by atoms with E-state index in [1.54, 1.807) is 0 Å². The first-order valence-corrected chi connectivity index (χ1v) is 9.64. The van der Waals surface area contributed by atoms with E-state index < -0.39 is 0 Å². The van der Waals surface area contributed by atoms with Gasteiger partial charge < -0.3 is 0 Å². The second-order valence-electron chi connectivity index (χ2n) is 7.30. The summed E-state index contributed by atoms with van der Waals surface area (Å²) in [5.41, 5.74) is 6.94. The summed E-state index contributed by atoms with van der Waals surface area (Å²) in [5.74, 6) is 2.79. The van der Waals surface area contributed by atoms with Gasteiger partial charge in [-0.25, -0.2) is 5.10 Å². The summed E-state index contributed by atoms with van der Waals surface area (Å²) in [6.45, 7) is 6.59. The molecule has 25 heavy (non-hydrogen) atoms. The minimum Gasteiger partial charge on any atom is -0.256 e. The molecule has 1 aliphatic heterocycles. The lowest BCUT2D eigenvalue weighted by Gasteiger charge is -2.28. The van der Waals surface area contributed by atoms with Crippen LogP contribution in [0.5, 0.6) is 0 Å². The van der Waals surface area contributed by atoms with Gasteiger partial charge in [0.1, 0.15) is 0 Å². The molecule has 5 nitrogen and oxygen atoms in total. The highest BCUT2D eigenvalue weighted by molar-refractivity contribution is 7.98. The molecule has 0 bridgehead atoms. The summed E-state index contributed by atoms with van der Waals surface area (Å²) >= 11 is 1.96. The van der Waals surface area contributed by atoms with Gasteiger partial charge in [-0.15, -0.1) is 5.10 Å². The van der Waals surface area contributed by atoms with Gasteiger partial charge in [-0.2, -0.15) is 11.8 Å². The third kappa shape index (κ3) is 2.95. The predicted molar refractivity (Wildman–Crippen MR) is 101 cm³/mol. The van der Waals surface area contributed by atoms with Crippen molar-refractivity contribution in [1.82, 2.24) is 25.6 Å². The lowest BCUT2D eigenvalue weighted by atomic mass is 9.82. The second-order valence-corrected chi connectivity index (χ2v) is 8.41. The number of aryl methyl sites for hydroxylation is 1. The number of nitrogens with one attached hydrogen (secondary N) is 1. The van der Waals surface area contributed by atoms with E-state index in [4.69, 9.17) is 4.98 Å². The zero-order valence-electron chi connectivity index (χ0n) is 14.7. The highest BCUT2D eigenvalue weighted by Crippen LogP contribution is 2.43. The molecule has 0 aliphatic carbocycles. The minimum atomic E-state index is -0.106. The summed E-state index contributed by atoms with van der Waals surface area (Å²) in [4.78, 5) is 5.10. The molecule has 0 radical (unpaired) electrons. The zero-order chi connectivity index (χ0) is 17.4. The van der Waals surface area contributed by atoms with Gasteiger partial charge in [0.05, 0.1) is 11.3 Å². The summed E-state index contributed by atoms with van der Waals surface area (Å²) in [5, 5.41) is 14.8. The number of aromatic nitrogens is 5. The van der Waals surface area contributed by atoms with Crippen LogP contribution < -0.4 is 0 Å². The van der Waals surface area contributed by atoms with Gasteiger partial charge in [-0.1, -0.05) is 51.1 Å². The van der Waals surface area contributed by atoms with Crippen molar-refractivity contribution >= 4 is 11.8 Å². The molecule has 3 heterocycles. The van der Waals surface area contributed by atoms with Crippen LogP contribution in [0.2, 0.25) is 0 Å². The first kappa shape index (κ1) is 16.3. The van der Waals surface area contributed by atoms with Crippen molar-refractivity contribution in [2.75, 3.05) is 5.75 Å². The fourth-order valence-electron chi connectivity index (χ4n) is 3.34. The van der Waals surface area contributed by atoms with E-state index in [1.807, 2.05) is 17.8 Å². The van der Waals surface area contributed by atoms with Gasteiger partial charge >= 0.3 is 0 Å². The van der Waals surface area contributed by atoms with Crippen LogP contribution in [0, 0.1) is 0 Å². The van der Waals surface area contributed by atoms with Crippen LogP contribution in [-0.2, 0) is 17.6 Å². The molecule has 6 heteroatoms. The van der Waals surface area contributed by atoms with Gasteiger partial charge in [0, 0.05) is 22.4 Å². The molecular weight excluding hydrogens is 330 g/mol. The van der Waals surface area contributed by atoms with Crippen LogP contribution in [0.1, 0.15) is 37.7 Å². The fourth-order valence-corrected chi connectivity index (χ4v) is 4.34. The lowest BCUT2D eigenvalue weighted by molar-refractivity contribution is 0.567. The molecule has 0 spiro atoms. The number of thioether (sulfide) groups is 1. The zero-order valence-corrected chi connectivity index (χ0v) is 15.5. The van der Waals surface area contributed by atoms with Crippen LogP contribution in [-0.4, -0.2) is 31.4 Å². The summed E-state index contributed by atoms with van der Waals surface area (Å²) in [7, 11) is 0. The SMILES string of the molecule is CC(C)(C)c1nc2c(c(-c3ccccc3)c1-c1nnn[nH]1)CSCC2. The van der Waals surface area contributed by atoms with Crippen molar-refractivity contribution in [1.29, 1.82) is 0 Å². The molecule has 2 aromatic heterocycles. The van der Waals surface area contributed by atoms with E-state index in [0.717, 1.165) is 29.2 Å². The Bertz CT molecular complexity index is 882. The highest BCUT2D eigenvalue weighted by Gasteiger charge is 2.30. The molecule has 1 N–H and O–H groups in total. The number of benzene rings is 1. The minimum absolute atomic E-state index is 0.106. The Morgan fingerprint density at radius 3 is 2.56 bits per heavy atom. The predicted octanol–water partition coefficient (Wildman–Crippen LogP) is 4.02. The quantitative estimate of drug-likeness (QED) is 0.755. The molecule has 128 valence electrons. The fraction of sp³-hybridized carbons (Fsp3) is 0.368. The van der Waals surface area contributed by atoms with Gasteiger partial charge in [0.2, 0.25) is 0 Å². The van der Waals surface area contributed by atoms with E-state index in [-0.39, 0.29) is 5.41 Å². The normalized spacial score (nSPS) is 14.4. The molecule has 0 saturated carbocycles. The van der Waals surface area contributed by atoms with Crippen molar-refractivity contribution in [2.45, 2.75) is 38.4 Å². The average Bonchev–Trinajstić information content (AvgIpc) is 3.14. The van der Waals surface area contributed by atoms with E-state index >= 15 is 0 Å². The number of hydrogen-bond acceptors (Lipinski definition) is 5. The number of H-pyrrole nitrogens is 1. The maximum Gasteiger partial charge on any atom is 0.181 e. The molecule has 0 amide bonds. The summed E-state index contributed by atoms with van der Waals surface area (Å²) in [6, 6.07) is 10.5. The molecular formula is C19H21N5S. The Morgan fingerprint density at radius 1 is 1.08 bits per heavy atom. The average molecular weight is 351 g/mol. The van der Waals surface area contributed by atoms with Gasteiger partial charge in [0.25, 0.3) is 0 Å². The van der Waals surface area contributed by atoms with Crippen LogP contribution in [0.25, 0.3) is 22.5 Å². The second kappa shape index (κ2) is 6.26. The topological polar surface area (TPSA) is 67.3 Å². The van der Waals surface area contributed by atoms with Gasteiger partial charge in [0.15, 0.2) is 5.82 Å². The van der Waals surface area contributed by atoms with E-state index in [2.05, 4.69) is 65.7 Å². The smallest absolute Gasteiger partial charge is 0.181 e. The Balaban J connectivity index is 2.12. The first-order chi connectivity index (χ1) is 12.1. The number of aromatic amines is 1. The van der Waals surface area contributed by atoms with Gasteiger partial charge in [-0.05, 0) is 33.7 Å². The number of tetrazole rings is 1. The molecule has 1 aliphatic rings. The van der Waals surface area contributed by atoms with Crippen LogP contribution in [0.3, 0.4) is 0 Å². The number of hydrogen-bond donors (Lipinski definition) is 1. The first-order valence-electron chi connectivity index (χ1n) is 8.49. The molecule has 3 aromatic rings. The molecule has 4 rings (SSSR count). The van der Waals surface area contributed by atoms with Gasteiger partial charge in [-0.3, -0.25) is 4.98 Å². The molecule has 0 saturated heterocycles. The van der Waals surface area contributed by atoms with Crippen molar-refractivity contribution in [3.8, 4) is 22.5 Å². The third-order valence-corrected chi connectivity index (χ3v) is 5.45. The van der Waals surface area contributed by atoms with Crippen LogP contribution in [0.15, 0.2) is 30.3 Å². The van der Waals surface area contributed by atoms with E-state index in [1.165, 1.54) is 22.4 Å². The highest BCUT2D eigenvalue weighted by atomic mass is 32.2. The van der Waals surface area contributed by atoms with E-state index in [9.17, 15) is 0 Å². The standard InChI is InChI=1S/C19H21N5S/c1-19(2,3)17-16(18-21-23-24-22-18)15(12-7-5-4-6-8-12)13-11-25-10-9-14(13)20-17/h4-8H,9-11H2,1-3H3,(H,21,22,23,24). The molecule has 0 unspecified atom stereocenters.